The second kappa shape index (κ2) is 8.06. The molecular weight excluding hydrogens is 332 g/mol. The number of nitrogens with one attached hydrogen (secondary N) is 1. The van der Waals surface area contributed by atoms with Gasteiger partial charge in [0.15, 0.2) is 0 Å². The molecule has 2 fully saturated rings. The van der Waals surface area contributed by atoms with Gasteiger partial charge in [-0.25, -0.2) is 4.79 Å². The van der Waals surface area contributed by atoms with Crippen molar-refractivity contribution in [3.05, 3.63) is 22.4 Å². The van der Waals surface area contributed by atoms with Crippen molar-refractivity contribution in [3.63, 3.8) is 0 Å². The van der Waals surface area contributed by atoms with Gasteiger partial charge >= 0.3 is 6.03 Å². The number of piperidine rings is 2. The van der Waals surface area contributed by atoms with Crippen LogP contribution in [0.1, 0.15) is 30.6 Å². The van der Waals surface area contributed by atoms with Crippen molar-refractivity contribution >= 4 is 17.4 Å². The van der Waals surface area contributed by atoms with Gasteiger partial charge in [-0.15, -0.1) is 11.3 Å². The van der Waals surface area contributed by atoms with Gasteiger partial charge in [0.25, 0.3) is 0 Å². The quantitative estimate of drug-likeness (QED) is 0.893. The van der Waals surface area contributed by atoms with Gasteiger partial charge in [-0.1, -0.05) is 6.07 Å². The summed E-state index contributed by atoms with van der Waals surface area (Å²) in [4.78, 5) is 20.3. The van der Waals surface area contributed by atoms with Crippen LogP contribution in [0.5, 0.6) is 0 Å². The highest BCUT2D eigenvalue weighted by Crippen LogP contribution is 2.44. The Kier molecular flexibility index (Phi) is 6.02. The van der Waals surface area contributed by atoms with Crippen LogP contribution in [-0.2, 0) is 6.54 Å². The van der Waals surface area contributed by atoms with E-state index in [0.717, 1.165) is 19.6 Å². The summed E-state index contributed by atoms with van der Waals surface area (Å²) in [5.74, 6) is 0. The summed E-state index contributed by atoms with van der Waals surface area (Å²) < 4.78 is 0. The zero-order valence-electron chi connectivity index (χ0n) is 15.8. The number of carbonyl (C=O) groups is 1. The van der Waals surface area contributed by atoms with Gasteiger partial charge in [-0.05, 0) is 69.2 Å². The summed E-state index contributed by atoms with van der Waals surface area (Å²) in [7, 11) is 5.85. The van der Waals surface area contributed by atoms with E-state index in [0.29, 0.717) is 11.5 Å². The molecule has 3 heterocycles. The summed E-state index contributed by atoms with van der Waals surface area (Å²) in [6.07, 6.45) is 5.05. The lowest BCUT2D eigenvalue weighted by Gasteiger charge is -2.53. The minimum atomic E-state index is 0.0183. The summed E-state index contributed by atoms with van der Waals surface area (Å²) in [6, 6.07) is 4.82. The molecule has 1 spiro atoms. The Balaban J connectivity index is 1.76. The second-order valence-electron chi connectivity index (χ2n) is 7.92. The van der Waals surface area contributed by atoms with Crippen LogP contribution in [0, 0.1) is 5.41 Å². The Morgan fingerprint density at radius 3 is 2.72 bits per heavy atom. The van der Waals surface area contributed by atoms with Crippen LogP contribution in [0.25, 0.3) is 0 Å². The Morgan fingerprint density at radius 1 is 1.32 bits per heavy atom. The lowest BCUT2D eigenvalue weighted by Crippen LogP contribution is -2.59. The van der Waals surface area contributed by atoms with Gasteiger partial charge < -0.3 is 15.1 Å². The van der Waals surface area contributed by atoms with Crippen molar-refractivity contribution in [3.8, 4) is 0 Å². The number of hydrogen-bond donors (Lipinski definition) is 1. The molecule has 3 rings (SSSR count). The first kappa shape index (κ1) is 18.7. The van der Waals surface area contributed by atoms with Crippen LogP contribution in [0.4, 0.5) is 4.79 Å². The van der Waals surface area contributed by atoms with Crippen molar-refractivity contribution in [1.29, 1.82) is 0 Å². The molecule has 2 amide bonds. The molecule has 0 aromatic carbocycles. The minimum absolute atomic E-state index is 0.0183. The molecule has 1 atom stereocenters. The van der Waals surface area contributed by atoms with E-state index >= 15 is 0 Å². The van der Waals surface area contributed by atoms with E-state index in [4.69, 9.17) is 0 Å². The van der Waals surface area contributed by atoms with Gasteiger partial charge in [0.1, 0.15) is 0 Å². The number of rotatable bonds is 4. The van der Waals surface area contributed by atoms with Crippen LogP contribution < -0.4 is 5.32 Å². The maximum atomic E-state index is 12.1. The van der Waals surface area contributed by atoms with Crippen molar-refractivity contribution in [1.82, 2.24) is 20.0 Å². The minimum Gasteiger partial charge on any atom is -0.336 e. The van der Waals surface area contributed by atoms with Gasteiger partial charge in [0, 0.05) is 38.1 Å². The van der Waals surface area contributed by atoms with Gasteiger partial charge in [0.2, 0.25) is 0 Å². The highest BCUT2D eigenvalue weighted by atomic mass is 32.1. The summed E-state index contributed by atoms with van der Waals surface area (Å²) >= 11 is 1.84. The molecule has 1 N–H and O–H groups in total. The van der Waals surface area contributed by atoms with E-state index in [9.17, 15) is 4.79 Å². The van der Waals surface area contributed by atoms with E-state index in [-0.39, 0.29) is 6.03 Å². The molecule has 6 heteroatoms. The Labute approximate surface area is 156 Å². The average Bonchev–Trinajstić information content (AvgIpc) is 3.10. The third-order valence-corrected chi connectivity index (χ3v) is 6.90. The highest BCUT2D eigenvalue weighted by molar-refractivity contribution is 7.09. The lowest BCUT2D eigenvalue weighted by atomic mass is 9.66. The molecule has 0 saturated carbocycles. The number of likely N-dealkylation sites (tertiary alicyclic amines) is 2. The van der Waals surface area contributed by atoms with E-state index in [1.807, 2.05) is 25.4 Å². The molecule has 5 nitrogen and oxygen atoms in total. The molecule has 2 saturated heterocycles. The van der Waals surface area contributed by atoms with Crippen LogP contribution in [-0.4, -0.2) is 74.1 Å². The molecule has 2 aliphatic rings. The van der Waals surface area contributed by atoms with Gasteiger partial charge in [0.05, 0.1) is 0 Å². The Hall–Kier alpha value is -1.11. The first-order chi connectivity index (χ1) is 12.0. The monoisotopic (exact) mass is 364 g/mol. The standard InChI is InChI=1S/C19H32N4OS/c1-21(2)18(24)20-14-17-19(8-11-22(3)12-9-19)7-5-10-23(17)15-16-6-4-13-25-16/h4,6,13,17H,5,7-12,14-15H2,1-3H3,(H,20,24)/t17-/m1/s1. The van der Waals surface area contributed by atoms with Crippen LogP contribution >= 0.6 is 11.3 Å². The third-order valence-electron chi connectivity index (χ3n) is 6.04. The Morgan fingerprint density at radius 2 is 2.08 bits per heavy atom. The predicted molar refractivity (Wildman–Crippen MR) is 104 cm³/mol. The van der Waals surface area contributed by atoms with Crippen molar-refractivity contribution < 1.29 is 4.79 Å². The molecular formula is C19H32N4OS. The molecule has 0 unspecified atom stereocenters. The molecule has 1 aromatic rings. The normalized spacial score (nSPS) is 24.4. The van der Waals surface area contributed by atoms with Gasteiger partial charge in [-0.3, -0.25) is 4.90 Å². The molecule has 0 aliphatic carbocycles. The largest absolute Gasteiger partial charge is 0.336 e. The average molecular weight is 365 g/mol. The van der Waals surface area contributed by atoms with E-state index in [1.165, 1.54) is 43.6 Å². The third kappa shape index (κ3) is 4.36. The van der Waals surface area contributed by atoms with Crippen LogP contribution in [0.3, 0.4) is 0 Å². The maximum Gasteiger partial charge on any atom is 0.316 e. The van der Waals surface area contributed by atoms with Crippen LogP contribution in [0.2, 0.25) is 0 Å². The van der Waals surface area contributed by atoms with Crippen LogP contribution in [0.15, 0.2) is 17.5 Å². The second-order valence-corrected chi connectivity index (χ2v) is 8.95. The molecule has 0 bridgehead atoms. The number of thiophene rings is 1. The highest BCUT2D eigenvalue weighted by Gasteiger charge is 2.45. The summed E-state index contributed by atoms with van der Waals surface area (Å²) in [5.41, 5.74) is 0.349. The zero-order valence-corrected chi connectivity index (χ0v) is 16.6. The van der Waals surface area contributed by atoms with Crippen molar-refractivity contribution in [2.24, 2.45) is 5.41 Å². The maximum absolute atomic E-state index is 12.1. The predicted octanol–water partition coefficient (Wildman–Crippen LogP) is 2.70. The lowest BCUT2D eigenvalue weighted by molar-refractivity contribution is -0.0301. The first-order valence-corrected chi connectivity index (χ1v) is 10.3. The number of nitrogens with zero attached hydrogens (tertiary/aromatic N) is 3. The van der Waals surface area contributed by atoms with E-state index in [2.05, 4.69) is 39.7 Å². The Bertz CT molecular complexity index is 552. The fourth-order valence-corrected chi connectivity index (χ4v) is 5.20. The fourth-order valence-electron chi connectivity index (χ4n) is 4.47. The van der Waals surface area contributed by atoms with Crippen molar-refractivity contribution in [2.75, 3.05) is 47.3 Å². The van der Waals surface area contributed by atoms with Gasteiger partial charge in [-0.2, -0.15) is 0 Å². The number of amides is 2. The number of carbonyl (C=O) groups excluding carboxylic acids is 1. The first-order valence-electron chi connectivity index (χ1n) is 9.40. The molecule has 140 valence electrons. The SMILES string of the molecule is CN1CCC2(CCCN(Cc3cccs3)[C@@H]2CNC(=O)N(C)C)CC1. The number of urea groups is 1. The molecule has 0 radical (unpaired) electrons. The smallest absolute Gasteiger partial charge is 0.316 e. The topological polar surface area (TPSA) is 38.8 Å². The summed E-state index contributed by atoms with van der Waals surface area (Å²) in [5, 5.41) is 5.34. The molecule has 25 heavy (non-hydrogen) atoms. The van der Waals surface area contributed by atoms with E-state index in [1.54, 1.807) is 4.90 Å². The molecule has 2 aliphatic heterocycles. The van der Waals surface area contributed by atoms with Crippen molar-refractivity contribution in [2.45, 2.75) is 38.3 Å². The van der Waals surface area contributed by atoms with E-state index < -0.39 is 0 Å². The fraction of sp³-hybridized carbons (Fsp3) is 0.737. The zero-order chi connectivity index (χ0) is 17.9. The summed E-state index contributed by atoms with van der Waals surface area (Å²) in [6.45, 7) is 5.25. The number of hydrogen-bond acceptors (Lipinski definition) is 4. The molecule has 1 aromatic heterocycles.